The molecule has 0 aliphatic rings. The summed E-state index contributed by atoms with van der Waals surface area (Å²) in [6.45, 7) is 4.01. The van der Waals surface area contributed by atoms with Gasteiger partial charge in [-0.05, 0) is 55.7 Å². The number of aryl methyl sites for hydroxylation is 1. The van der Waals surface area contributed by atoms with E-state index in [1.165, 1.54) is 11.5 Å². The van der Waals surface area contributed by atoms with Crippen LogP contribution in [0.4, 0.5) is 18.9 Å². The van der Waals surface area contributed by atoms with E-state index < -0.39 is 12.1 Å². The van der Waals surface area contributed by atoms with Gasteiger partial charge in [-0.2, -0.15) is 17.5 Å². The number of nitrogens with zero attached hydrogens (tertiary/aromatic N) is 3. The summed E-state index contributed by atoms with van der Waals surface area (Å²) in [5.74, 6) is -2.95. The van der Waals surface area contributed by atoms with Gasteiger partial charge >= 0.3 is 12.1 Å². The molecule has 0 aliphatic heterocycles. The van der Waals surface area contributed by atoms with E-state index in [2.05, 4.69) is 14.7 Å². The maximum absolute atomic E-state index is 11.9. The Morgan fingerprint density at radius 2 is 1.75 bits per heavy atom. The average Bonchev–Trinajstić information content (AvgIpc) is 3.27. The van der Waals surface area contributed by atoms with Crippen LogP contribution < -0.4 is 5.32 Å². The highest BCUT2D eigenvalue weighted by atomic mass is 32.1. The van der Waals surface area contributed by atoms with Crippen LogP contribution >= 0.6 is 11.5 Å². The summed E-state index contributed by atoms with van der Waals surface area (Å²) >= 11 is 1.26. The van der Waals surface area contributed by atoms with E-state index in [0.29, 0.717) is 5.69 Å². The van der Waals surface area contributed by atoms with Crippen molar-refractivity contribution in [1.82, 2.24) is 13.9 Å². The zero-order valence-electron chi connectivity index (χ0n) is 14.7. The average molecular weight is 412 g/mol. The van der Waals surface area contributed by atoms with Crippen LogP contribution in [0.1, 0.15) is 21.9 Å². The van der Waals surface area contributed by atoms with Crippen LogP contribution in [0.15, 0.2) is 42.0 Å². The molecule has 1 aromatic carbocycles. The molecular weight excluding hydrogens is 397 g/mol. The predicted molar refractivity (Wildman–Crippen MR) is 96.8 cm³/mol. The standard InChI is InChI=1S/C15H14N4OS.C2HF3O2/c1-10-11(2)19(9-16-10)13-5-3-12(4-6-13)17-15(20)14-7-8-21-18-14;3-2(4,5)1(6)7/h3-9H,1-2H3,(H,17,20);(H,6,7). The van der Waals surface area contributed by atoms with Crippen molar-refractivity contribution in [3.05, 3.63) is 59.1 Å². The third-order valence-corrected chi connectivity index (χ3v) is 4.13. The van der Waals surface area contributed by atoms with E-state index in [0.717, 1.165) is 22.8 Å². The fourth-order valence-corrected chi connectivity index (χ4v) is 2.50. The van der Waals surface area contributed by atoms with Gasteiger partial charge in [0.25, 0.3) is 5.91 Å². The highest BCUT2D eigenvalue weighted by molar-refractivity contribution is 7.03. The first kappa shape index (κ1) is 21.1. The second-order valence-electron chi connectivity index (χ2n) is 5.47. The van der Waals surface area contributed by atoms with Gasteiger partial charge in [0.05, 0.1) is 12.0 Å². The number of aromatic nitrogens is 3. The smallest absolute Gasteiger partial charge is 0.475 e. The van der Waals surface area contributed by atoms with Crippen molar-refractivity contribution in [3.8, 4) is 5.69 Å². The van der Waals surface area contributed by atoms with E-state index in [-0.39, 0.29) is 5.91 Å². The number of halogens is 3. The van der Waals surface area contributed by atoms with E-state index in [9.17, 15) is 18.0 Å². The molecule has 0 fully saturated rings. The second-order valence-corrected chi connectivity index (χ2v) is 6.14. The van der Waals surface area contributed by atoms with Gasteiger partial charge in [-0.1, -0.05) is 0 Å². The summed E-state index contributed by atoms with van der Waals surface area (Å²) in [6.07, 6.45) is -3.28. The Hall–Kier alpha value is -3.21. The number of carbonyl (C=O) groups is 2. The van der Waals surface area contributed by atoms with Crippen LogP contribution in [0.5, 0.6) is 0 Å². The number of aliphatic carboxylic acids is 1. The molecule has 2 heterocycles. The molecule has 2 aromatic heterocycles. The van der Waals surface area contributed by atoms with Crippen molar-refractivity contribution < 1.29 is 27.9 Å². The maximum Gasteiger partial charge on any atom is 0.490 e. The molecule has 7 nitrogen and oxygen atoms in total. The topological polar surface area (TPSA) is 97.1 Å². The molecule has 1 amide bonds. The molecule has 148 valence electrons. The fraction of sp³-hybridized carbons (Fsp3) is 0.176. The van der Waals surface area contributed by atoms with E-state index in [4.69, 9.17) is 9.90 Å². The predicted octanol–water partition coefficient (Wildman–Crippen LogP) is 3.83. The third kappa shape index (κ3) is 5.39. The summed E-state index contributed by atoms with van der Waals surface area (Å²) in [5.41, 5.74) is 4.31. The number of imidazole rings is 1. The largest absolute Gasteiger partial charge is 0.490 e. The summed E-state index contributed by atoms with van der Waals surface area (Å²) in [4.78, 5) is 25.1. The molecule has 0 atom stereocenters. The van der Waals surface area contributed by atoms with Crippen LogP contribution in [0.2, 0.25) is 0 Å². The summed E-state index contributed by atoms with van der Waals surface area (Å²) < 4.78 is 37.8. The minimum atomic E-state index is -5.08. The molecule has 0 radical (unpaired) electrons. The molecule has 3 aromatic rings. The summed E-state index contributed by atoms with van der Waals surface area (Å²) in [5, 5.41) is 11.7. The van der Waals surface area contributed by atoms with E-state index in [1.54, 1.807) is 17.8 Å². The van der Waals surface area contributed by atoms with E-state index in [1.807, 2.05) is 42.7 Å². The minimum absolute atomic E-state index is 0.196. The number of hydrogen-bond acceptors (Lipinski definition) is 5. The van der Waals surface area contributed by atoms with Gasteiger partial charge in [-0.3, -0.25) is 4.79 Å². The molecule has 0 saturated carbocycles. The Labute approximate surface area is 161 Å². The highest BCUT2D eigenvalue weighted by Gasteiger charge is 2.38. The molecular formula is C17H15F3N4O3S. The van der Waals surface area contributed by atoms with E-state index >= 15 is 0 Å². The molecule has 28 heavy (non-hydrogen) atoms. The number of nitrogens with one attached hydrogen (secondary N) is 1. The Bertz CT molecular complexity index is 951. The minimum Gasteiger partial charge on any atom is -0.475 e. The number of rotatable bonds is 3. The summed E-state index contributed by atoms with van der Waals surface area (Å²) in [7, 11) is 0. The van der Waals surface area contributed by atoms with Gasteiger partial charge in [0, 0.05) is 22.4 Å². The van der Waals surface area contributed by atoms with Crippen LogP contribution in [0, 0.1) is 13.8 Å². The lowest BCUT2D eigenvalue weighted by Crippen LogP contribution is -2.21. The van der Waals surface area contributed by atoms with Gasteiger partial charge in [-0.25, -0.2) is 9.78 Å². The highest BCUT2D eigenvalue weighted by Crippen LogP contribution is 2.17. The number of carbonyl (C=O) groups excluding carboxylic acids is 1. The lowest BCUT2D eigenvalue weighted by atomic mass is 10.2. The SMILES string of the molecule is Cc1ncn(-c2ccc(NC(=O)c3ccsn3)cc2)c1C.O=C(O)C(F)(F)F. The lowest BCUT2D eigenvalue weighted by molar-refractivity contribution is -0.192. The number of carboxylic acids is 1. The number of alkyl halides is 3. The number of hydrogen-bond donors (Lipinski definition) is 2. The van der Waals surface area contributed by atoms with Crippen molar-refractivity contribution in [2.45, 2.75) is 20.0 Å². The molecule has 11 heteroatoms. The first-order valence-corrected chi connectivity index (χ1v) is 8.56. The molecule has 0 saturated heterocycles. The third-order valence-electron chi connectivity index (χ3n) is 3.57. The van der Waals surface area contributed by atoms with Crippen molar-refractivity contribution in [3.63, 3.8) is 0 Å². The second kappa shape index (κ2) is 8.65. The number of anilines is 1. The molecule has 0 bridgehead atoms. The van der Waals surface area contributed by atoms with Crippen LogP contribution in [-0.4, -0.2) is 37.1 Å². The Morgan fingerprint density at radius 3 is 2.18 bits per heavy atom. The molecule has 3 rings (SSSR count). The van der Waals surface area contributed by atoms with Crippen molar-refractivity contribution in [1.29, 1.82) is 0 Å². The Kier molecular flexibility index (Phi) is 6.52. The van der Waals surface area contributed by atoms with Crippen molar-refractivity contribution in [2.75, 3.05) is 5.32 Å². The zero-order chi connectivity index (χ0) is 20.9. The van der Waals surface area contributed by atoms with Gasteiger partial charge in [0.2, 0.25) is 0 Å². The molecule has 0 unspecified atom stereocenters. The normalized spacial score (nSPS) is 10.8. The summed E-state index contributed by atoms with van der Waals surface area (Å²) in [6, 6.07) is 9.34. The monoisotopic (exact) mass is 412 g/mol. The van der Waals surface area contributed by atoms with Crippen LogP contribution in [-0.2, 0) is 4.79 Å². The number of benzene rings is 1. The Balaban J connectivity index is 0.000000345. The Morgan fingerprint density at radius 1 is 1.14 bits per heavy atom. The lowest BCUT2D eigenvalue weighted by Gasteiger charge is -2.08. The van der Waals surface area contributed by atoms with Crippen molar-refractivity contribution >= 4 is 29.1 Å². The van der Waals surface area contributed by atoms with Crippen LogP contribution in [0.25, 0.3) is 5.69 Å². The number of carboxylic acid groups (broad SMARTS) is 1. The molecule has 0 aliphatic carbocycles. The molecule has 0 spiro atoms. The quantitative estimate of drug-likeness (QED) is 0.682. The van der Waals surface area contributed by atoms with Gasteiger partial charge in [0.15, 0.2) is 0 Å². The fourth-order valence-electron chi connectivity index (χ4n) is 1.99. The first-order chi connectivity index (χ1) is 13.1. The first-order valence-electron chi connectivity index (χ1n) is 7.72. The van der Waals surface area contributed by atoms with Gasteiger partial charge in [-0.15, -0.1) is 0 Å². The van der Waals surface area contributed by atoms with Crippen molar-refractivity contribution in [2.24, 2.45) is 0 Å². The van der Waals surface area contributed by atoms with Crippen LogP contribution in [0.3, 0.4) is 0 Å². The maximum atomic E-state index is 11.9. The number of amides is 1. The molecule has 2 N–H and O–H groups in total. The zero-order valence-corrected chi connectivity index (χ0v) is 15.5. The van der Waals surface area contributed by atoms with Gasteiger partial charge < -0.3 is 15.0 Å². The van der Waals surface area contributed by atoms with Gasteiger partial charge in [0.1, 0.15) is 5.69 Å².